The molecule has 110 valence electrons. The van der Waals surface area contributed by atoms with E-state index < -0.39 is 16.0 Å². The fourth-order valence-electron chi connectivity index (χ4n) is 3.05. The van der Waals surface area contributed by atoms with Gasteiger partial charge in [-0.25, -0.2) is 0 Å². The van der Waals surface area contributed by atoms with Crippen LogP contribution in [0.15, 0.2) is 30.3 Å². The smallest absolute Gasteiger partial charge is 0.269 e. The molecule has 3 rings (SSSR count). The lowest BCUT2D eigenvalue weighted by molar-refractivity contribution is -0.0868. The maximum absolute atomic E-state index is 13.4. The maximum atomic E-state index is 13.4. The van der Waals surface area contributed by atoms with Crippen LogP contribution in [0.5, 0.6) is 0 Å². The Morgan fingerprint density at radius 1 is 1.00 bits per heavy atom. The van der Waals surface area contributed by atoms with Crippen LogP contribution >= 0.6 is 10.5 Å². The van der Waals surface area contributed by atoms with E-state index in [0.29, 0.717) is 9.58 Å². The molecule has 1 heterocycles. The second kappa shape index (κ2) is 5.72. The third kappa shape index (κ3) is 2.68. The zero-order chi connectivity index (χ0) is 13.5. The Hall–Kier alpha value is -1.10. The molecule has 1 aliphatic carbocycles. The first-order chi connectivity index (χ1) is 9.07. The van der Waals surface area contributed by atoms with Crippen molar-refractivity contribution < 1.29 is 17.9 Å². The monoisotopic (exact) mass is 305 g/mol. The number of hydrogen-bond donors (Lipinski definition) is 0. The second-order valence-electron chi connectivity index (χ2n) is 5.17. The van der Waals surface area contributed by atoms with E-state index in [-0.39, 0.29) is 10.6 Å². The highest BCUT2D eigenvalue weighted by molar-refractivity contribution is 7.38. The molecule has 0 radical (unpaired) electrons. The second-order valence-corrected chi connectivity index (χ2v) is 7.16. The molecule has 1 unspecified atom stereocenters. The lowest BCUT2D eigenvalue weighted by Crippen LogP contribution is -2.06. The number of rotatable bonds is 1. The molecule has 0 aliphatic heterocycles. The Morgan fingerprint density at radius 3 is 2.30 bits per heavy atom. The van der Waals surface area contributed by atoms with Gasteiger partial charge < -0.3 is 0 Å². The van der Waals surface area contributed by atoms with Gasteiger partial charge >= 0.3 is 5.51 Å². The highest BCUT2D eigenvalue weighted by atomic mass is 32.2. The quantitative estimate of drug-likeness (QED) is 0.430. The summed E-state index contributed by atoms with van der Waals surface area (Å²) in [6, 6.07) is 8.77. The van der Waals surface area contributed by atoms with Crippen LogP contribution in [0.3, 0.4) is 0 Å². The van der Waals surface area contributed by atoms with Gasteiger partial charge in [0.1, 0.15) is 0 Å². The molecule has 20 heavy (non-hydrogen) atoms. The lowest BCUT2D eigenvalue weighted by atomic mass is 9.88. The van der Waals surface area contributed by atoms with Gasteiger partial charge in [0.25, 0.3) is 0 Å². The average molecular weight is 305 g/mol. The molecule has 5 heteroatoms. The topological polar surface area (TPSA) is 0 Å². The van der Waals surface area contributed by atoms with Crippen LogP contribution in [0.4, 0.5) is 17.9 Å². The predicted octanol–water partition coefficient (Wildman–Crippen LogP) is 6.27. The number of fused-ring (bicyclic) bond motifs is 1. The van der Waals surface area contributed by atoms with Gasteiger partial charge in [0.2, 0.25) is 0 Å². The summed E-state index contributed by atoms with van der Waals surface area (Å²) in [4.78, 5) is 0.633. The van der Waals surface area contributed by atoms with E-state index in [1.165, 1.54) is 0 Å². The minimum Gasteiger partial charge on any atom is -0.269 e. The summed E-state index contributed by atoms with van der Waals surface area (Å²) in [6.07, 6.45) is 5.12. The van der Waals surface area contributed by atoms with Crippen LogP contribution in [-0.4, -0.2) is 0 Å². The van der Waals surface area contributed by atoms with Crippen molar-refractivity contribution in [3.63, 3.8) is 0 Å². The van der Waals surface area contributed by atoms with Crippen molar-refractivity contribution in [1.29, 1.82) is 0 Å². The Balaban J connectivity index is 0.00000147. The third-order valence-electron chi connectivity index (χ3n) is 3.91. The minimum atomic E-state index is -4.14. The molecular formula is C15H17F4S+. The van der Waals surface area contributed by atoms with Crippen LogP contribution in [0.25, 0.3) is 10.1 Å². The summed E-state index contributed by atoms with van der Waals surface area (Å²) in [5.41, 5.74) is -4.14. The summed E-state index contributed by atoms with van der Waals surface area (Å²) in [5.74, 6) is 0.131. The molecule has 0 nitrogen and oxygen atoms in total. The van der Waals surface area contributed by atoms with Crippen LogP contribution in [0.1, 0.15) is 42.9 Å². The molecule has 1 fully saturated rings. The molecular weight excluding hydrogens is 288 g/mol. The average Bonchev–Trinajstić information content (AvgIpc) is 2.79. The number of thiophene rings is 1. The molecule has 2 aromatic rings. The first-order valence-corrected chi connectivity index (χ1v) is 7.91. The third-order valence-corrected chi connectivity index (χ3v) is 6.11. The highest BCUT2D eigenvalue weighted by Crippen LogP contribution is 2.54. The zero-order valence-electron chi connectivity index (χ0n) is 11.0. The Labute approximate surface area is 117 Å². The fraction of sp³-hybridized carbons (Fsp3) is 0.467. The van der Waals surface area contributed by atoms with Gasteiger partial charge in [-0.05, 0) is 25.0 Å². The van der Waals surface area contributed by atoms with Gasteiger partial charge in [-0.1, -0.05) is 31.4 Å². The lowest BCUT2D eigenvalue weighted by Gasteiger charge is -2.18. The van der Waals surface area contributed by atoms with Crippen LogP contribution in [0.2, 0.25) is 0 Å². The summed E-state index contributed by atoms with van der Waals surface area (Å²) in [6.45, 7) is 0. The summed E-state index contributed by atoms with van der Waals surface area (Å²) >= 11 is 0. The van der Waals surface area contributed by atoms with Gasteiger partial charge in [-0.2, -0.15) is 0 Å². The highest BCUT2D eigenvalue weighted by Gasteiger charge is 2.49. The Kier molecular flexibility index (Phi) is 4.37. The number of hydrogen-bond acceptors (Lipinski definition) is 0. The van der Waals surface area contributed by atoms with E-state index in [1.54, 1.807) is 18.2 Å². The number of halogens is 4. The molecule has 1 saturated carbocycles. The van der Waals surface area contributed by atoms with Gasteiger partial charge in [-0.3, -0.25) is 4.70 Å². The Morgan fingerprint density at radius 2 is 1.65 bits per heavy atom. The van der Waals surface area contributed by atoms with Crippen molar-refractivity contribution in [2.24, 2.45) is 0 Å². The van der Waals surface area contributed by atoms with Crippen molar-refractivity contribution in [1.82, 2.24) is 0 Å². The SMILES string of the molecule is F.FC(F)(F)[s+]1c(C2CCCCC2)cc2ccccc21. The fourth-order valence-corrected chi connectivity index (χ4v) is 5.22. The first-order valence-electron chi connectivity index (χ1n) is 6.69. The van der Waals surface area contributed by atoms with Crippen LogP contribution in [-0.2, 0) is 5.51 Å². The molecule has 1 aromatic heterocycles. The van der Waals surface area contributed by atoms with Gasteiger partial charge in [0.05, 0.1) is 10.5 Å². The molecule has 1 aromatic carbocycles. The predicted molar refractivity (Wildman–Crippen MR) is 76.1 cm³/mol. The van der Waals surface area contributed by atoms with E-state index in [2.05, 4.69) is 0 Å². The molecule has 0 N–H and O–H groups in total. The van der Waals surface area contributed by atoms with Crippen molar-refractivity contribution in [3.8, 4) is 0 Å². The first kappa shape index (κ1) is 15.3. The molecule has 1 aliphatic rings. The number of alkyl halides is 3. The van der Waals surface area contributed by atoms with E-state index in [9.17, 15) is 13.2 Å². The van der Waals surface area contributed by atoms with E-state index in [4.69, 9.17) is 0 Å². The maximum Gasteiger partial charge on any atom is 0.600 e. The number of benzene rings is 1. The largest absolute Gasteiger partial charge is 0.600 e. The summed E-state index contributed by atoms with van der Waals surface area (Å²) in [5, 5.41) is 0.767. The van der Waals surface area contributed by atoms with Crippen LogP contribution < -0.4 is 0 Å². The summed E-state index contributed by atoms with van der Waals surface area (Å²) < 4.78 is 40.7. The van der Waals surface area contributed by atoms with E-state index in [1.807, 2.05) is 12.1 Å². The van der Waals surface area contributed by atoms with Crippen molar-refractivity contribution >= 4 is 20.6 Å². The molecule has 0 amide bonds. The minimum absolute atomic E-state index is 0. The Bertz CT molecular complexity index is 579. The molecule has 0 spiro atoms. The zero-order valence-corrected chi connectivity index (χ0v) is 11.8. The van der Waals surface area contributed by atoms with Crippen molar-refractivity contribution in [2.45, 2.75) is 43.5 Å². The molecule has 0 saturated heterocycles. The normalized spacial score (nSPS) is 18.1. The molecule has 0 bridgehead atoms. The standard InChI is InChI=1S/C15H16F3S.FH/c16-15(17,18)19-13-9-5-4-8-12(13)10-14(19)11-6-2-1-3-7-11;/h4-5,8-11H,1-3,6-7H2;1H/q+1;. The van der Waals surface area contributed by atoms with Crippen molar-refractivity contribution in [3.05, 3.63) is 35.2 Å². The van der Waals surface area contributed by atoms with Gasteiger partial charge in [0, 0.05) is 17.4 Å². The van der Waals surface area contributed by atoms with E-state index >= 15 is 0 Å². The molecule has 1 atom stereocenters. The van der Waals surface area contributed by atoms with Gasteiger partial charge in [0.15, 0.2) is 9.58 Å². The van der Waals surface area contributed by atoms with Crippen LogP contribution in [0, 0.1) is 0 Å². The van der Waals surface area contributed by atoms with E-state index in [0.717, 1.165) is 37.5 Å². The van der Waals surface area contributed by atoms with Gasteiger partial charge in [-0.15, -0.1) is 13.2 Å². The summed E-state index contributed by atoms with van der Waals surface area (Å²) in [7, 11) is -1.69. The van der Waals surface area contributed by atoms with Crippen molar-refractivity contribution in [2.75, 3.05) is 0 Å².